The van der Waals surface area contributed by atoms with Crippen LogP contribution in [0, 0.1) is 5.92 Å². The second-order valence-electron chi connectivity index (χ2n) is 7.71. The summed E-state index contributed by atoms with van der Waals surface area (Å²) >= 11 is 0. The summed E-state index contributed by atoms with van der Waals surface area (Å²) < 4.78 is 43.1. The molecule has 1 aliphatic heterocycles. The third-order valence-corrected chi connectivity index (χ3v) is 5.38. The van der Waals surface area contributed by atoms with Gasteiger partial charge in [-0.25, -0.2) is 4.98 Å². The summed E-state index contributed by atoms with van der Waals surface area (Å²) in [6.45, 7) is 1.14. The van der Waals surface area contributed by atoms with Gasteiger partial charge >= 0.3 is 12.1 Å². The minimum Gasteiger partial charge on any atom is -0.455 e. The number of hydrogen-bond acceptors (Lipinski definition) is 5. The van der Waals surface area contributed by atoms with E-state index in [1.807, 2.05) is 35.2 Å². The largest absolute Gasteiger partial charge is 0.455 e. The first-order valence-corrected chi connectivity index (χ1v) is 10.6. The molecule has 1 N–H and O–H groups in total. The van der Waals surface area contributed by atoms with Gasteiger partial charge in [-0.1, -0.05) is 30.3 Å². The number of pyridine rings is 1. The van der Waals surface area contributed by atoms with Crippen molar-refractivity contribution in [3.8, 4) is 0 Å². The lowest BCUT2D eigenvalue weighted by Crippen LogP contribution is -2.38. The zero-order valence-corrected chi connectivity index (χ0v) is 17.6. The van der Waals surface area contributed by atoms with E-state index in [-0.39, 0.29) is 18.4 Å². The van der Waals surface area contributed by atoms with Crippen LogP contribution in [-0.2, 0) is 26.9 Å². The maximum absolute atomic E-state index is 12.7. The number of carbonyl (C=O) groups is 2. The Bertz CT molecular complexity index is 881. The molecule has 0 radical (unpaired) electrons. The van der Waals surface area contributed by atoms with Gasteiger partial charge in [-0.05, 0) is 43.4 Å². The van der Waals surface area contributed by atoms with Gasteiger partial charge in [0.25, 0.3) is 5.91 Å². The molecule has 172 valence electrons. The molecule has 2 aromatic rings. The Morgan fingerprint density at radius 1 is 1.09 bits per heavy atom. The number of halogens is 3. The van der Waals surface area contributed by atoms with Crippen LogP contribution in [-0.4, -0.2) is 43.1 Å². The van der Waals surface area contributed by atoms with Gasteiger partial charge < -0.3 is 15.0 Å². The molecule has 32 heavy (non-hydrogen) atoms. The molecule has 0 aliphatic carbocycles. The SMILES string of the molecule is O=C(COC(=O)C1CCN(c2ccc(C(F)(F)F)cn2)CC1)NCCCc1ccccc1. The van der Waals surface area contributed by atoms with Crippen LogP contribution in [0.15, 0.2) is 48.7 Å². The number of alkyl halides is 3. The second-order valence-corrected chi connectivity index (χ2v) is 7.71. The molecule has 0 bridgehead atoms. The molecule has 0 saturated carbocycles. The lowest BCUT2D eigenvalue weighted by Gasteiger charge is -2.31. The van der Waals surface area contributed by atoms with Crippen molar-refractivity contribution >= 4 is 17.7 Å². The zero-order valence-electron chi connectivity index (χ0n) is 17.6. The van der Waals surface area contributed by atoms with Crippen molar-refractivity contribution in [2.24, 2.45) is 5.92 Å². The predicted molar refractivity (Wildman–Crippen MR) is 113 cm³/mol. The first kappa shape index (κ1) is 23.6. The Labute approximate surface area is 184 Å². The molecular formula is C23H26F3N3O3. The number of benzene rings is 1. The fraction of sp³-hybridized carbons (Fsp3) is 0.435. The van der Waals surface area contributed by atoms with E-state index in [0.717, 1.165) is 25.1 Å². The van der Waals surface area contributed by atoms with Gasteiger partial charge in [0.05, 0.1) is 11.5 Å². The number of esters is 1. The molecule has 0 spiro atoms. The number of aromatic nitrogens is 1. The maximum Gasteiger partial charge on any atom is 0.417 e. The lowest BCUT2D eigenvalue weighted by atomic mass is 9.97. The smallest absolute Gasteiger partial charge is 0.417 e. The zero-order chi connectivity index (χ0) is 23.0. The summed E-state index contributed by atoms with van der Waals surface area (Å²) in [5, 5.41) is 2.74. The summed E-state index contributed by atoms with van der Waals surface area (Å²) in [7, 11) is 0. The molecule has 9 heteroatoms. The normalized spacial score (nSPS) is 14.8. The van der Waals surface area contributed by atoms with E-state index in [4.69, 9.17) is 4.74 Å². The van der Waals surface area contributed by atoms with Crippen LogP contribution in [0.1, 0.15) is 30.4 Å². The van der Waals surface area contributed by atoms with E-state index >= 15 is 0 Å². The Balaban J connectivity index is 1.33. The van der Waals surface area contributed by atoms with Gasteiger partial charge in [0, 0.05) is 25.8 Å². The molecule has 1 amide bonds. The summed E-state index contributed by atoms with van der Waals surface area (Å²) in [6.07, 6.45) is -0.988. The number of piperidine rings is 1. The number of nitrogens with zero attached hydrogens (tertiary/aromatic N) is 2. The van der Waals surface area contributed by atoms with E-state index in [0.29, 0.717) is 38.3 Å². The highest BCUT2D eigenvalue weighted by Gasteiger charge is 2.31. The first-order valence-electron chi connectivity index (χ1n) is 10.6. The number of anilines is 1. The minimum atomic E-state index is -4.42. The average molecular weight is 449 g/mol. The molecule has 1 aliphatic rings. The molecule has 6 nitrogen and oxygen atoms in total. The van der Waals surface area contributed by atoms with Crippen molar-refractivity contribution < 1.29 is 27.5 Å². The fourth-order valence-electron chi connectivity index (χ4n) is 3.56. The van der Waals surface area contributed by atoms with Gasteiger partial charge in [-0.3, -0.25) is 9.59 Å². The van der Waals surface area contributed by atoms with E-state index in [1.54, 1.807) is 0 Å². The molecule has 1 aromatic heterocycles. The molecule has 3 rings (SSSR count). The Morgan fingerprint density at radius 2 is 1.81 bits per heavy atom. The Kier molecular flexibility index (Phi) is 8.08. The first-order chi connectivity index (χ1) is 15.3. The van der Waals surface area contributed by atoms with Gasteiger partial charge in [0.1, 0.15) is 5.82 Å². The highest BCUT2D eigenvalue weighted by molar-refractivity contribution is 5.81. The van der Waals surface area contributed by atoms with Crippen LogP contribution in [0.4, 0.5) is 19.0 Å². The van der Waals surface area contributed by atoms with Crippen LogP contribution in [0.3, 0.4) is 0 Å². The molecule has 1 fully saturated rings. The second kappa shape index (κ2) is 11.0. The van der Waals surface area contributed by atoms with Crippen LogP contribution in [0.2, 0.25) is 0 Å². The van der Waals surface area contributed by atoms with Gasteiger partial charge in [0.2, 0.25) is 0 Å². The van der Waals surface area contributed by atoms with Crippen LogP contribution < -0.4 is 10.2 Å². The molecule has 1 aromatic carbocycles. The van der Waals surface area contributed by atoms with Gasteiger partial charge in [0.15, 0.2) is 6.61 Å². The van der Waals surface area contributed by atoms with Gasteiger partial charge in [-0.2, -0.15) is 13.2 Å². The minimum absolute atomic E-state index is 0.315. The third kappa shape index (κ3) is 6.96. The van der Waals surface area contributed by atoms with E-state index in [2.05, 4.69) is 10.3 Å². The van der Waals surface area contributed by atoms with Gasteiger partial charge in [-0.15, -0.1) is 0 Å². The summed E-state index contributed by atoms with van der Waals surface area (Å²) in [6, 6.07) is 12.3. The standard InChI is InChI=1S/C23H26F3N3O3/c24-23(25,26)19-8-9-20(28-15-19)29-13-10-18(11-14-29)22(31)32-16-21(30)27-12-4-7-17-5-2-1-3-6-17/h1-3,5-6,8-9,15,18H,4,7,10-14,16H2,(H,27,30). The van der Waals surface area contributed by atoms with Crippen molar-refractivity contribution in [2.45, 2.75) is 31.9 Å². The van der Waals surface area contributed by atoms with E-state index < -0.39 is 17.7 Å². The maximum atomic E-state index is 12.7. The number of ether oxygens (including phenoxy) is 1. The van der Waals surface area contributed by atoms with E-state index in [1.165, 1.54) is 11.6 Å². The lowest BCUT2D eigenvalue weighted by molar-refractivity contribution is -0.153. The molecule has 1 saturated heterocycles. The number of amides is 1. The number of aryl methyl sites for hydroxylation is 1. The molecular weight excluding hydrogens is 423 g/mol. The summed E-state index contributed by atoms with van der Waals surface area (Å²) in [5.74, 6) is -0.659. The number of hydrogen-bond donors (Lipinski definition) is 1. The molecule has 0 atom stereocenters. The predicted octanol–water partition coefficient (Wildman–Crippen LogP) is 3.61. The monoisotopic (exact) mass is 449 g/mol. The highest BCUT2D eigenvalue weighted by Crippen LogP contribution is 2.30. The van der Waals surface area contributed by atoms with Crippen molar-refractivity contribution in [3.63, 3.8) is 0 Å². The topological polar surface area (TPSA) is 71.5 Å². The van der Waals surface area contributed by atoms with Crippen molar-refractivity contribution in [2.75, 3.05) is 31.1 Å². The number of rotatable bonds is 8. The Hall–Kier alpha value is -3.10. The number of nitrogens with one attached hydrogen (secondary N) is 1. The van der Waals surface area contributed by atoms with Crippen LogP contribution in [0.25, 0.3) is 0 Å². The molecule has 2 heterocycles. The van der Waals surface area contributed by atoms with Crippen molar-refractivity contribution in [1.29, 1.82) is 0 Å². The fourth-order valence-corrected chi connectivity index (χ4v) is 3.56. The van der Waals surface area contributed by atoms with Crippen molar-refractivity contribution in [1.82, 2.24) is 10.3 Å². The molecule has 0 unspecified atom stereocenters. The highest BCUT2D eigenvalue weighted by atomic mass is 19.4. The average Bonchev–Trinajstić information content (AvgIpc) is 2.80. The summed E-state index contributed by atoms with van der Waals surface area (Å²) in [4.78, 5) is 29.9. The number of carbonyl (C=O) groups excluding carboxylic acids is 2. The quantitative estimate of drug-likeness (QED) is 0.493. The Morgan fingerprint density at radius 3 is 2.44 bits per heavy atom. The van der Waals surface area contributed by atoms with Crippen LogP contribution in [0.5, 0.6) is 0 Å². The van der Waals surface area contributed by atoms with Crippen molar-refractivity contribution in [3.05, 3.63) is 59.8 Å². The van der Waals surface area contributed by atoms with E-state index in [9.17, 15) is 22.8 Å². The third-order valence-electron chi connectivity index (χ3n) is 5.38. The summed E-state index contributed by atoms with van der Waals surface area (Å²) in [5.41, 5.74) is 0.407. The van der Waals surface area contributed by atoms with Crippen LogP contribution >= 0.6 is 0 Å².